The van der Waals surface area contributed by atoms with Crippen molar-refractivity contribution in [2.24, 2.45) is 4.99 Å². The molecule has 3 rings (SSSR count). The number of rotatable bonds is 4. The van der Waals surface area contributed by atoms with Crippen molar-refractivity contribution in [3.8, 4) is 0 Å². The van der Waals surface area contributed by atoms with Gasteiger partial charge in [0.2, 0.25) is 5.90 Å². The number of non-ortho nitro benzene ring substituents is 1. The van der Waals surface area contributed by atoms with Gasteiger partial charge in [0.25, 0.3) is 5.69 Å². The number of nitrogens with zero attached hydrogens (tertiary/aromatic N) is 2. The van der Waals surface area contributed by atoms with Crippen molar-refractivity contribution >= 4 is 23.6 Å². The van der Waals surface area contributed by atoms with Gasteiger partial charge >= 0.3 is 5.97 Å². The van der Waals surface area contributed by atoms with Crippen LogP contribution in [0.4, 0.5) is 10.1 Å². The van der Waals surface area contributed by atoms with Gasteiger partial charge in [0.15, 0.2) is 5.70 Å². The molecule has 0 amide bonds. The largest absolute Gasteiger partial charge is 0.402 e. The average molecular weight is 338 g/mol. The van der Waals surface area contributed by atoms with E-state index < -0.39 is 16.7 Å². The summed E-state index contributed by atoms with van der Waals surface area (Å²) in [6.07, 6.45) is 4.60. The fraction of sp³-hybridized carbons (Fsp3) is 0. The van der Waals surface area contributed by atoms with E-state index in [1.165, 1.54) is 42.5 Å². The van der Waals surface area contributed by atoms with Gasteiger partial charge in [-0.05, 0) is 35.9 Å². The number of carbonyl (C=O) groups excluding carboxylic acids is 1. The molecule has 0 unspecified atom stereocenters. The van der Waals surface area contributed by atoms with Crippen LogP contribution in [0.2, 0.25) is 0 Å². The predicted molar refractivity (Wildman–Crippen MR) is 89.2 cm³/mol. The highest BCUT2D eigenvalue weighted by atomic mass is 19.1. The Morgan fingerprint density at radius 3 is 2.64 bits per heavy atom. The van der Waals surface area contributed by atoms with Crippen LogP contribution >= 0.6 is 0 Å². The lowest BCUT2D eigenvalue weighted by molar-refractivity contribution is -0.384. The zero-order chi connectivity index (χ0) is 17.8. The first kappa shape index (κ1) is 16.3. The van der Waals surface area contributed by atoms with Crippen LogP contribution in [0.1, 0.15) is 11.1 Å². The van der Waals surface area contributed by atoms with Gasteiger partial charge in [-0.25, -0.2) is 14.2 Å². The molecule has 0 radical (unpaired) electrons. The van der Waals surface area contributed by atoms with Crippen molar-refractivity contribution in [1.82, 2.24) is 0 Å². The standard InChI is InChI=1S/C18H11FN2O4/c19-14-9-7-13(8-10-14)17-20-16(18(22)25-17)6-2-4-12-3-1-5-15(11-12)21(23)24/h1-11H/b4-2+,16-6-. The van der Waals surface area contributed by atoms with E-state index in [0.29, 0.717) is 11.1 Å². The quantitative estimate of drug-likeness (QED) is 0.369. The number of nitro groups is 1. The Kier molecular flexibility index (Phi) is 4.47. The van der Waals surface area contributed by atoms with E-state index in [4.69, 9.17) is 4.74 Å². The Morgan fingerprint density at radius 2 is 1.92 bits per heavy atom. The van der Waals surface area contributed by atoms with Crippen LogP contribution in [0.3, 0.4) is 0 Å². The molecule has 0 atom stereocenters. The second kappa shape index (κ2) is 6.88. The summed E-state index contributed by atoms with van der Waals surface area (Å²) in [5.74, 6) is -0.924. The van der Waals surface area contributed by atoms with E-state index >= 15 is 0 Å². The Hall–Kier alpha value is -3.61. The number of ether oxygens (including phenoxy) is 1. The topological polar surface area (TPSA) is 81.8 Å². The van der Waals surface area contributed by atoms with Gasteiger partial charge in [-0.3, -0.25) is 10.1 Å². The van der Waals surface area contributed by atoms with Gasteiger partial charge in [0.1, 0.15) is 5.82 Å². The number of hydrogen-bond acceptors (Lipinski definition) is 5. The smallest absolute Gasteiger partial charge is 0.363 e. The summed E-state index contributed by atoms with van der Waals surface area (Å²) in [6, 6.07) is 11.5. The SMILES string of the molecule is O=C1OC(c2ccc(F)cc2)=N/C1=C\C=C\c1cccc([N+](=O)[O-])c1. The van der Waals surface area contributed by atoms with Crippen molar-refractivity contribution in [2.45, 2.75) is 0 Å². The molecule has 1 aliphatic heterocycles. The number of hydrogen-bond donors (Lipinski definition) is 0. The highest BCUT2D eigenvalue weighted by molar-refractivity contribution is 6.11. The molecule has 1 aliphatic rings. The molecule has 0 aromatic heterocycles. The van der Waals surface area contributed by atoms with E-state index in [-0.39, 0.29) is 17.3 Å². The summed E-state index contributed by atoms with van der Waals surface area (Å²) >= 11 is 0. The number of allylic oxidation sites excluding steroid dienone is 2. The molecule has 0 spiro atoms. The minimum atomic E-state index is -0.622. The minimum Gasteiger partial charge on any atom is -0.402 e. The van der Waals surface area contributed by atoms with Crippen LogP contribution in [0.15, 0.2) is 71.4 Å². The van der Waals surface area contributed by atoms with Crippen molar-refractivity contribution in [2.75, 3.05) is 0 Å². The van der Waals surface area contributed by atoms with E-state index in [9.17, 15) is 19.3 Å². The maximum atomic E-state index is 12.9. The third kappa shape index (κ3) is 3.84. The molecule has 1 heterocycles. The molecular formula is C18H11FN2O4. The third-order valence-corrected chi connectivity index (χ3v) is 3.34. The van der Waals surface area contributed by atoms with Gasteiger partial charge < -0.3 is 4.74 Å². The molecule has 25 heavy (non-hydrogen) atoms. The Labute approximate surface area is 141 Å². The van der Waals surface area contributed by atoms with E-state index in [2.05, 4.69) is 4.99 Å². The van der Waals surface area contributed by atoms with Gasteiger partial charge in [-0.2, -0.15) is 0 Å². The molecule has 0 bridgehead atoms. The van der Waals surface area contributed by atoms with Crippen LogP contribution < -0.4 is 0 Å². The fourth-order valence-corrected chi connectivity index (χ4v) is 2.13. The fourth-order valence-electron chi connectivity index (χ4n) is 2.13. The lowest BCUT2D eigenvalue weighted by Gasteiger charge is -1.98. The summed E-state index contributed by atoms with van der Waals surface area (Å²) in [7, 11) is 0. The average Bonchev–Trinajstić information content (AvgIpc) is 2.97. The molecule has 6 nitrogen and oxygen atoms in total. The van der Waals surface area contributed by atoms with E-state index in [1.54, 1.807) is 24.3 Å². The number of cyclic esters (lactones) is 1. The highest BCUT2D eigenvalue weighted by Crippen LogP contribution is 2.18. The zero-order valence-corrected chi connectivity index (χ0v) is 12.8. The molecule has 2 aromatic carbocycles. The Bertz CT molecular complexity index is 930. The van der Waals surface area contributed by atoms with Crippen molar-refractivity contribution in [3.05, 3.63) is 93.4 Å². The van der Waals surface area contributed by atoms with Gasteiger partial charge in [-0.1, -0.05) is 24.3 Å². The number of halogens is 1. The predicted octanol–water partition coefficient (Wildman–Crippen LogP) is 3.63. The molecule has 0 saturated heterocycles. The maximum absolute atomic E-state index is 12.9. The number of carbonyl (C=O) groups is 1. The maximum Gasteiger partial charge on any atom is 0.363 e. The van der Waals surface area contributed by atoms with Crippen molar-refractivity contribution in [3.63, 3.8) is 0 Å². The number of esters is 1. The van der Waals surface area contributed by atoms with Gasteiger partial charge in [0.05, 0.1) is 4.92 Å². The molecule has 124 valence electrons. The molecule has 0 aliphatic carbocycles. The summed E-state index contributed by atoms with van der Waals surface area (Å²) in [6.45, 7) is 0. The summed E-state index contributed by atoms with van der Waals surface area (Å²) in [5.41, 5.74) is 1.16. The number of aliphatic imine (C=N–C) groups is 1. The summed E-state index contributed by atoms with van der Waals surface area (Å²) in [5, 5.41) is 10.7. The first-order valence-corrected chi connectivity index (χ1v) is 7.22. The van der Waals surface area contributed by atoms with Crippen LogP contribution in [0.5, 0.6) is 0 Å². The molecule has 2 aromatic rings. The normalized spacial score (nSPS) is 15.5. The van der Waals surface area contributed by atoms with Crippen LogP contribution in [0.25, 0.3) is 6.08 Å². The van der Waals surface area contributed by atoms with Gasteiger partial charge in [0, 0.05) is 17.7 Å². The molecule has 7 heteroatoms. The van der Waals surface area contributed by atoms with Crippen molar-refractivity contribution in [1.29, 1.82) is 0 Å². The lowest BCUT2D eigenvalue weighted by Crippen LogP contribution is -2.05. The first-order chi connectivity index (χ1) is 12.0. The van der Waals surface area contributed by atoms with E-state index in [1.807, 2.05) is 0 Å². The first-order valence-electron chi connectivity index (χ1n) is 7.22. The number of benzene rings is 2. The second-order valence-corrected chi connectivity index (χ2v) is 5.08. The molecular weight excluding hydrogens is 327 g/mol. The van der Waals surface area contributed by atoms with Gasteiger partial charge in [-0.15, -0.1) is 0 Å². The second-order valence-electron chi connectivity index (χ2n) is 5.08. The lowest BCUT2D eigenvalue weighted by atomic mass is 10.2. The third-order valence-electron chi connectivity index (χ3n) is 3.34. The Balaban J connectivity index is 1.79. The van der Waals surface area contributed by atoms with Crippen molar-refractivity contribution < 1.29 is 18.8 Å². The Morgan fingerprint density at radius 1 is 1.16 bits per heavy atom. The zero-order valence-electron chi connectivity index (χ0n) is 12.8. The monoisotopic (exact) mass is 338 g/mol. The number of nitro benzene ring substituents is 1. The highest BCUT2D eigenvalue weighted by Gasteiger charge is 2.23. The molecule has 0 saturated carbocycles. The summed E-state index contributed by atoms with van der Waals surface area (Å²) < 4.78 is 18.0. The van der Waals surface area contributed by atoms with Crippen LogP contribution in [0, 0.1) is 15.9 Å². The molecule has 0 fully saturated rings. The minimum absolute atomic E-state index is 0.0216. The molecule has 0 N–H and O–H groups in total. The summed E-state index contributed by atoms with van der Waals surface area (Å²) in [4.78, 5) is 26.1. The van der Waals surface area contributed by atoms with Crippen LogP contribution in [-0.2, 0) is 9.53 Å². The van der Waals surface area contributed by atoms with Crippen LogP contribution in [-0.4, -0.2) is 16.8 Å². The van der Waals surface area contributed by atoms with E-state index in [0.717, 1.165) is 0 Å².